The van der Waals surface area contributed by atoms with Gasteiger partial charge in [0.05, 0.1) is 6.10 Å². The van der Waals surface area contributed by atoms with E-state index in [1.165, 1.54) is 18.7 Å². The minimum atomic E-state index is -1.21. The second kappa shape index (κ2) is 15.8. The first-order valence-corrected chi connectivity index (χ1v) is 12.1. The molecule has 12 heteroatoms. The van der Waals surface area contributed by atoms with Crippen LogP contribution < -0.4 is 27.4 Å². The molecule has 5 atom stereocenters. The summed E-state index contributed by atoms with van der Waals surface area (Å²) in [5, 5.41) is 26.5. The van der Waals surface area contributed by atoms with Crippen LogP contribution in [0.15, 0.2) is 0 Å². The Kier molecular flexibility index (Phi) is 14.9. The molecule has 0 aromatic rings. The zero-order chi connectivity index (χ0) is 24.8. The van der Waals surface area contributed by atoms with Crippen molar-refractivity contribution in [1.29, 1.82) is 0 Å². The van der Waals surface area contributed by atoms with Gasteiger partial charge in [-0.05, 0) is 57.1 Å². The van der Waals surface area contributed by atoms with Crippen molar-refractivity contribution < 1.29 is 29.4 Å². The van der Waals surface area contributed by atoms with Gasteiger partial charge in [0.1, 0.15) is 24.2 Å². The summed E-state index contributed by atoms with van der Waals surface area (Å²) < 4.78 is 0. The van der Waals surface area contributed by atoms with E-state index >= 15 is 0 Å². The summed E-state index contributed by atoms with van der Waals surface area (Å²) in [6.07, 6.45) is 2.41. The Hall–Kier alpha value is -1.89. The number of aliphatic hydroxyl groups is 1. The number of amides is 3. The van der Waals surface area contributed by atoms with Gasteiger partial charge in [0.2, 0.25) is 17.7 Å². The normalized spacial score (nSPS) is 15.9. The third kappa shape index (κ3) is 11.1. The number of carbonyl (C=O) groups excluding carboxylic acids is 3. The molecular weight excluding hydrogens is 438 g/mol. The fourth-order valence-electron chi connectivity index (χ4n) is 2.79. The molecule has 0 aliphatic rings. The molecule has 32 heavy (non-hydrogen) atoms. The van der Waals surface area contributed by atoms with Gasteiger partial charge < -0.3 is 37.6 Å². The highest BCUT2D eigenvalue weighted by molar-refractivity contribution is 7.98. The van der Waals surface area contributed by atoms with Crippen LogP contribution in [0, 0.1) is 5.92 Å². The molecule has 0 fully saturated rings. The molecule has 0 aromatic carbocycles. The average Bonchev–Trinajstić information content (AvgIpc) is 2.72. The summed E-state index contributed by atoms with van der Waals surface area (Å²) >= 11 is 1.46. The average molecular weight is 478 g/mol. The van der Waals surface area contributed by atoms with Crippen molar-refractivity contribution in [2.45, 2.75) is 76.7 Å². The summed E-state index contributed by atoms with van der Waals surface area (Å²) in [5.41, 5.74) is 11.2. The highest BCUT2D eigenvalue weighted by Gasteiger charge is 2.32. The number of carbonyl (C=O) groups is 4. The molecule has 0 saturated carbocycles. The Morgan fingerprint density at radius 3 is 1.97 bits per heavy atom. The first-order chi connectivity index (χ1) is 15.0. The second-order valence-electron chi connectivity index (χ2n) is 8.02. The number of unbranched alkanes of at least 4 members (excludes halogenated alkanes) is 1. The van der Waals surface area contributed by atoms with E-state index in [9.17, 15) is 29.4 Å². The van der Waals surface area contributed by atoms with E-state index in [1.807, 2.05) is 6.26 Å². The molecule has 5 unspecified atom stereocenters. The summed E-state index contributed by atoms with van der Waals surface area (Å²) in [6.45, 7) is 5.20. The van der Waals surface area contributed by atoms with Gasteiger partial charge in [-0.15, -0.1) is 0 Å². The van der Waals surface area contributed by atoms with E-state index in [0.29, 0.717) is 25.1 Å². The van der Waals surface area contributed by atoms with Crippen molar-refractivity contribution >= 4 is 35.5 Å². The van der Waals surface area contributed by atoms with Crippen LogP contribution in [0.3, 0.4) is 0 Å². The van der Waals surface area contributed by atoms with Gasteiger partial charge in [-0.25, -0.2) is 4.79 Å². The third-order valence-electron chi connectivity index (χ3n) is 4.87. The van der Waals surface area contributed by atoms with Crippen molar-refractivity contribution in [3.63, 3.8) is 0 Å². The van der Waals surface area contributed by atoms with Crippen LogP contribution >= 0.6 is 11.8 Å². The fraction of sp³-hybridized carbons (Fsp3) is 0.800. The molecule has 0 radical (unpaired) electrons. The molecule has 0 aliphatic carbocycles. The number of hydrogen-bond donors (Lipinski definition) is 7. The molecule has 11 nitrogen and oxygen atoms in total. The van der Waals surface area contributed by atoms with Gasteiger partial charge in [-0.2, -0.15) is 11.8 Å². The summed E-state index contributed by atoms with van der Waals surface area (Å²) in [5.74, 6) is -2.85. The maximum absolute atomic E-state index is 12.9. The number of rotatable bonds is 16. The van der Waals surface area contributed by atoms with Crippen molar-refractivity contribution in [2.24, 2.45) is 17.4 Å². The van der Waals surface area contributed by atoms with Gasteiger partial charge in [0, 0.05) is 0 Å². The molecule has 0 aliphatic heterocycles. The third-order valence-corrected chi connectivity index (χ3v) is 5.52. The van der Waals surface area contributed by atoms with E-state index in [0.717, 1.165) is 0 Å². The minimum absolute atomic E-state index is 0.244. The summed E-state index contributed by atoms with van der Waals surface area (Å²) in [7, 11) is 0. The summed E-state index contributed by atoms with van der Waals surface area (Å²) in [4.78, 5) is 49.4. The molecule has 186 valence electrons. The van der Waals surface area contributed by atoms with Crippen molar-refractivity contribution in [3.8, 4) is 0 Å². The lowest BCUT2D eigenvalue weighted by molar-refractivity contribution is -0.142. The maximum atomic E-state index is 12.9. The second-order valence-corrected chi connectivity index (χ2v) is 9.01. The SMILES string of the molecule is CSCCC(NC(=O)C(CCCCN)NC(=O)C(NC(=O)C(N)C(C)O)C(C)C)C(=O)O. The van der Waals surface area contributed by atoms with Crippen LogP contribution in [0.1, 0.15) is 46.5 Å². The van der Waals surface area contributed by atoms with E-state index in [-0.39, 0.29) is 18.8 Å². The lowest BCUT2D eigenvalue weighted by atomic mass is 10.0. The van der Waals surface area contributed by atoms with E-state index in [1.54, 1.807) is 13.8 Å². The smallest absolute Gasteiger partial charge is 0.326 e. The highest BCUT2D eigenvalue weighted by atomic mass is 32.2. The zero-order valence-corrected chi connectivity index (χ0v) is 20.1. The Morgan fingerprint density at radius 2 is 1.50 bits per heavy atom. The standard InChI is InChI=1S/C20H39N5O6S/c1-11(2)16(25-18(28)15(22)12(3)26)19(29)23-13(7-5-6-9-21)17(27)24-14(20(30)31)8-10-32-4/h11-16,26H,5-10,21-22H2,1-4H3,(H,23,29)(H,24,27)(H,25,28)(H,30,31). The largest absolute Gasteiger partial charge is 0.480 e. The van der Waals surface area contributed by atoms with Crippen LogP contribution in [0.4, 0.5) is 0 Å². The highest BCUT2D eigenvalue weighted by Crippen LogP contribution is 2.08. The minimum Gasteiger partial charge on any atom is -0.480 e. The molecule has 0 rings (SSSR count). The Labute approximate surface area is 193 Å². The van der Waals surface area contributed by atoms with Crippen LogP contribution in [-0.2, 0) is 19.2 Å². The Balaban J connectivity index is 5.41. The number of aliphatic carboxylic acids is 1. The van der Waals surface area contributed by atoms with Gasteiger partial charge in [-0.1, -0.05) is 13.8 Å². The van der Waals surface area contributed by atoms with Crippen LogP contribution in [0.5, 0.6) is 0 Å². The lowest BCUT2D eigenvalue weighted by Crippen LogP contribution is -2.59. The topological polar surface area (TPSA) is 197 Å². The van der Waals surface area contributed by atoms with Crippen molar-refractivity contribution in [3.05, 3.63) is 0 Å². The van der Waals surface area contributed by atoms with Crippen LogP contribution in [-0.4, -0.2) is 82.7 Å². The van der Waals surface area contributed by atoms with Crippen LogP contribution in [0.25, 0.3) is 0 Å². The molecule has 9 N–H and O–H groups in total. The molecule has 0 bridgehead atoms. The molecular formula is C20H39N5O6S. The quantitative estimate of drug-likeness (QED) is 0.133. The van der Waals surface area contributed by atoms with Gasteiger partial charge in [0.25, 0.3) is 0 Å². The fourth-order valence-corrected chi connectivity index (χ4v) is 3.26. The van der Waals surface area contributed by atoms with Crippen molar-refractivity contribution in [2.75, 3.05) is 18.6 Å². The monoisotopic (exact) mass is 477 g/mol. The molecule has 0 heterocycles. The van der Waals surface area contributed by atoms with Gasteiger partial charge >= 0.3 is 5.97 Å². The number of hydrogen-bond acceptors (Lipinski definition) is 8. The van der Waals surface area contributed by atoms with Gasteiger partial charge in [-0.3, -0.25) is 14.4 Å². The Bertz CT molecular complexity index is 619. The first-order valence-electron chi connectivity index (χ1n) is 10.7. The summed E-state index contributed by atoms with van der Waals surface area (Å²) in [6, 6.07) is -4.27. The van der Waals surface area contributed by atoms with E-state index < -0.39 is 54.0 Å². The van der Waals surface area contributed by atoms with E-state index in [2.05, 4.69) is 16.0 Å². The van der Waals surface area contributed by atoms with Crippen LogP contribution in [0.2, 0.25) is 0 Å². The number of thioether (sulfide) groups is 1. The number of nitrogens with two attached hydrogens (primary N) is 2. The maximum Gasteiger partial charge on any atom is 0.326 e. The molecule has 0 saturated heterocycles. The molecule has 0 aromatic heterocycles. The lowest BCUT2D eigenvalue weighted by Gasteiger charge is -2.27. The molecule has 0 spiro atoms. The molecule has 3 amide bonds. The number of nitrogens with one attached hydrogen (secondary N) is 3. The first kappa shape index (κ1) is 30.1. The predicted molar refractivity (Wildman–Crippen MR) is 124 cm³/mol. The van der Waals surface area contributed by atoms with Crippen molar-refractivity contribution in [1.82, 2.24) is 16.0 Å². The Morgan fingerprint density at radius 1 is 0.906 bits per heavy atom. The zero-order valence-electron chi connectivity index (χ0n) is 19.3. The van der Waals surface area contributed by atoms with E-state index in [4.69, 9.17) is 11.5 Å². The van der Waals surface area contributed by atoms with Gasteiger partial charge in [0.15, 0.2) is 0 Å². The predicted octanol–water partition coefficient (Wildman–Crippen LogP) is -1.23. The number of carboxylic acid groups (broad SMARTS) is 1. The number of carboxylic acids is 1. The number of aliphatic hydroxyl groups excluding tert-OH is 1.